The fraction of sp³-hybridized carbons (Fsp3) is 0.414. The molecule has 0 unspecified atom stereocenters. The molecule has 3 amide bonds. The monoisotopic (exact) mass is 554 g/mol. The second-order valence-corrected chi connectivity index (χ2v) is 9.69. The zero-order valence-corrected chi connectivity index (χ0v) is 23.4. The van der Waals surface area contributed by atoms with Crippen molar-refractivity contribution in [3.8, 4) is 11.5 Å². The van der Waals surface area contributed by atoms with Crippen LogP contribution >= 0.6 is 0 Å². The van der Waals surface area contributed by atoms with E-state index in [4.69, 9.17) is 14.2 Å². The Kier molecular flexibility index (Phi) is 8.93. The van der Waals surface area contributed by atoms with E-state index in [2.05, 4.69) is 10.2 Å². The second kappa shape index (κ2) is 12.4. The lowest BCUT2D eigenvalue weighted by Crippen LogP contribution is -2.56. The van der Waals surface area contributed by atoms with E-state index in [9.17, 15) is 18.8 Å². The van der Waals surface area contributed by atoms with Gasteiger partial charge in [0.25, 0.3) is 5.91 Å². The van der Waals surface area contributed by atoms with Crippen molar-refractivity contribution in [3.05, 3.63) is 70.7 Å². The van der Waals surface area contributed by atoms with E-state index in [0.717, 1.165) is 0 Å². The maximum atomic E-state index is 14.3. The lowest BCUT2D eigenvalue weighted by molar-refractivity contribution is -0.139. The number of nitrogens with zero attached hydrogens (tertiary/aromatic N) is 3. The molecule has 1 saturated heterocycles. The Labute approximate surface area is 233 Å². The van der Waals surface area contributed by atoms with Crippen molar-refractivity contribution < 1.29 is 33.0 Å². The number of carbonyl (C=O) groups excluding carboxylic acids is 3. The van der Waals surface area contributed by atoms with Crippen molar-refractivity contribution in [2.45, 2.75) is 25.9 Å². The number of ether oxygens (including phenoxy) is 3. The Morgan fingerprint density at radius 3 is 2.50 bits per heavy atom. The molecular weight excluding hydrogens is 519 g/mol. The Morgan fingerprint density at radius 2 is 1.85 bits per heavy atom. The fourth-order valence-corrected chi connectivity index (χ4v) is 5.18. The van der Waals surface area contributed by atoms with E-state index < -0.39 is 17.8 Å². The molecule has 4 rings (SSSR count). The van der Waals surface area contributed by atoms with Crippen molar-refractivity contribution in [1.29, 1.82) is 0 Å². The number of rotatable bonds is 8. The molecule has 2 aromatic rings. The van der Waals surface area contributed by atoms with E-state index in [-0.39, 0.29) is 42.3 Å². The normalized spacial score (nSPS) is 19.8. The minimum absolute atomic E-state index is 0.0360. The predicted molar refractivity (Wildman–Crippen MR) is 146 cm³/mol. The van der Waals surface area contributed by atoms with Gasteiger partial charge in [0.1, 0.15) is 17.3 Å². The molecule has 2 heterocycles. The van der Waals surface area contributed by atoms with Crippen molar-refractivity contribution >= 4 is 17.9 Å². The van der Waals surface area contributed by atoms with Gasteiger partial charge in [-0.2, -0.15) is 0 Å². The van der Waals surface area contributed by atoms with Crippen LogP contribution in [-0.2, 0) is 9.53 Å². The summed E-state index contributed by atoms with van der Waals surface area (Å²) in [5.41, 5.74) is 1.36. The first-order valence-corrected chi connectivity index (χ1v) is 13.1. The molecule has 40 heavy (non-hydrogen) atoms. The number of methoxy groups -OCH3 is 2. The highest BCUT2D eigenvalue weighted by atomic mass is 19.1. The SMILES string of the molecule is CCOC(=O)C1=C(CN2CCN(C(=O)c3ccccc3F)[C@@H](C)C2)N(C)C(=O)N[C@@H]1c1cc(OC)ccc1OC. The quantitative estimate of drug-likeness (QED) is 0.500. The van der Waals surface area contributed by atoms with Crippen molar-refractivity contribution in [3.63, 3.8) is 0 Å². The lowest BCUT2D eigenvalue weighted by atomic mass is 9.93. The van der Waals surface area contributed by atoms with Crippen LogP contribution in [0.1, 0.15) is 35.8 Å². The molecule has 0 spiro atoms. The van der Waals surface area contributed by atoms with Crippen LogP contribution in [0.2, 0.25) is 0 Å². The van der Waals surface area contributed by atoms with Gasteiger partial charge in [0.05, 0.1) is 38.0 Å². The van der Waals surface area contributed by atoms with Gasteiger partial charge in [-0.05, 0) is 44.2 Å². The molecule has 1 N–H and O–H groups in total. The number of urea groups is 1. The van der Waals surface area contributed by atoms with Crippen LogP contribution in [0.5, 0.6) is 11.5 Å². The molecule has 0 radical (unpaired) electrons. The summed E-state index contributed by atoms with van der Waals surface area (Å²) in [6, 6.07) is 9.65. The second-order valence-electron chi connectivity index (χ2n) is 9.69. The molecule has 2 aliphatic heterocycles. The average Bonchev–Trinajstić information content (AvgIpc) is 2.95. The Hall–Kier alpha value is -4.12. The highest BCUT2D eigenvalue weighted by Gasteiger charge is 2.39. The van der Waals surface area contributed by atoms with E-state index >= 15 is 0 Å². The highest BCUT2D eigenvalue weighted by Crippen LogP contribution is 2.38. The van der Waals surface area contributed by atoms with Gasteiger partial charge in [0, 0.05) is 50.5 Å². The molecule has 0 aliphatic carbocycles. The van der Waals surface area contributed by atoms with Crippen LogP contribution in [0.3, 0.4) is 0 Å². The summed E-state index contributed by atoms with van der Waals surface area (Å²) in [7, 11) is 4.65. The number of piperazine rings is 1. The zero-order chi connectivity index (χ0) is 29.0. The van der Waals surface area contributed by atoms with Crippen molar-refractivity contribution in [2.24, 2.45) is 0 Å². The first-order valence-electron chi connectivity index (χ1n) is 13.1. The number of nitrogens with one attached hydrogen (secondary N) is 1. The van der Waals surface area contributed by atoms with E-state index in [1.807, 2.05) is 6.92 Å². The molecular formula is C29H35FN4O6. The van der Waals surface area contributed by atoms with Crippen LogP contribution in [0.25, 0.3) is 0 Å². The van der Waals surface area contributed by atoms with Gasteiger partial charge in [0.15, 0.2) is 0 Å². The predicted octanol–water partition coefficient (Wildman–Crippen LogP) is 3.20. The van der Waals surface area contributed by atoms with Gasteiger partial charge in [-0.3, -0.25) is 14.6 Å². The lowest BCUT2D eigenvalue weighted by Gasteiger charge is -2.42. The van der Waals surface area contributed by atoms with E-state index in [1.165, 1.54) is 31.3 Å². The molecule has 2 atom stereocenters. The molecule has 11 heteroatoms. The number of benzene rings is 2. The van der Waals surface area contributed by atoms with Crippen LogP contribution in [0, 0.1) is 5.82 Å². The third kappa shape index (κ3) is 5.74. The number of amides is 3. The zero-order valence-electron chi connectivity index (χ0n) is 23.4. The molecule has 2 aromatic carbocycles. The molecule has 1 fully saturated rings. The number of hydrogen-bond donors (Lipinski definition) is 1. The summed E-state index contributed by atoms with van der Waals surface area (Å²) < 4.78 is 30.7. The maximum absolute atomic E-state index is 14.3. The Morgan fingerprint density at radius 1 is 1.10 bits per heavy atom. The maximum Gasteiger partial charge on any atom is 0.338 e. The Balaban J connectivity index is 1.66. The molecule has 0 bridgehead atoms. The Bertz CT molecular complexity index is 1320. The first kappa shape index (κ1) is 28.9. The van der Waals surface area contributed by atoms with E-state index in [1.54, 1.807) is 49.2 Å². The first-order chi connectivity index (χ1) is 19.2. The summed E-state index contributed by atoms with van der Waals surface area (Å²) in [5.74, 6) is -0.458. The van der Waals surface area contributed by atoms with Crippen LogP contribution in [0.4, 0.5) is 9.18 Å². The van der Waals surface area contributed by atoms with E-state index in [0.29, 0.717) is 42.4 Å². The van der Waals surface area contributed by atoms with Crippen molar-refractivity contribution in [1.82, 2.24) is 20.0 Å². The largest absolute Gasteiger partial charge is 0.497 e. The smallest absolute Gasteiger partial charge is 0.338 e. The third-order valence-corrected chi connectivity index (χ3v) is 7.27. The molecule has 10 nitrogen and oxygen atoms in total. The summed E-state index contributed by atoms with van der Waals surface area (Å²) >= 11 is 0. The standard InChI is InChI=1S/C29H35FN4O6/c1-6-40-28(36)25-23(32(3)29(37)31-26(25)21-15-19(38-4)11-12-24(21)39-5)17-33-13-14-34(18(2)16-33)27(35)20-9-7-8-10-22(20)30/h7-12,15,18,26H,6,13-14,16-17H2,1-5H3,(H,31,37)/t18-,26+/m0/s1. The third-order valence-electron chi connectivity index (χ3n) is 7.27. The van der Waals surface area contributed by atoms with Gasteiger partial charge in [0.2, 0.25) is 0 Å². The minimum atomic E-state index is -0.843. The minimum Gasteiger partial charge on any atom is -0.497 e. The highest BCUT2D eigenvalue weighted by molar-refractivity contribution is 5.96. The summed E-state index contributed by atoms with van der Waals surface area (Å²) in [6.07, 6.45) is 0. The average molecular weight is 555 g/mol. The number of likely N-dealkylation sites (N-methyl/N-ethyl adjacent to an activating group) is 1. The van der Waals surface area contributed by atoms with Gasteiger partial charge < -0.3 is 24.4 Å². The summed E-state index contributed by atoms with van der Waals surface area (Å²) in [6.45, 7) is 5.31. The molecule has 214 valence electrons. The van der Waals surface area contributed by atoms with Crippen LogP contribution < -0.4 is 14.8 Å². The number of esters is 1. The molecule has 0 aromatic heterocycles. The van der Waals surface area contributed by atoms with Gasteiger partial charge >= 0.3 is 12.0 Å². The van der Waals surface area contributed by atoms with Crippen molar-refractivity contribution in [2.75, 3.05) is 54.1 Å². The topological polar surface area (TPSA) is 101 Å². The fourth-order valence-electron chi connectivity index (χ4n) is 5.18. The number of carbonyl (C=O) groups is 3. The summed E-state index contributed by atoms with van der Waals surface area (Å²) in [5, 5.41) is 2.91. The van der Waals surface area contributed by atoms with Crippen LogP contribution in [0.15, 0.2) is 53.7 Å². The number of hydrogen-bond acceptors (Lipinski definition) is 7. The molecule has 2 aliphatic rings. The number of halogens is 1. The van der Waals surface area contributed by atoms with Gasteiger partial charge in [-0.25, -0.2) is 14.0 Å². The van der Waals surface area contributed by atoms with Gasteiger partial charge in [-0.15, -0.1) is 0 Å². The summed E-state index contributed by atoms with van der Waals surface area (Å²) in [4.78, 5) is 44.7. The van der Waals surface area contributed by atoms with Gasteiger partial charge in [-0.1, -0.05) is 12.1 Å². The molecule has 0 saturated carbocycles. The van der Waals surface area contributed by atoms with Crippen LogP contribution in [-0.4, -0.2) is 92.7 Å².